The predicted octanol–water partition coefficient (Wildman–Crippen LogP) is 2.19. The number of carbonyl (C=O) groups excluding carboxylic acids is 1. The van der Waals surface area contributed by atoms with Crippen molar-refractivity contribution < 1.29 is 9.21 Å². The molecular weight excluding hydrogens is 276 g/mol. The average molecular weight is 288 g/mol. The van der Waals surface area contributed by atoms with Crippen LogP contribution in [0.5, 0.6) is 0 Å². The van der Waals surface area contributed by atoms with Gasteiger partial charge in [0.25, 0.3) is 11.1 Å². The molecule has 0 radical (unpaired) electrons. The van der Waals surface area contributed by atoms with E-state index in [-0.39, 0.29) is 12.3 Å². The lowest BCUT2D eigenvalue weighted by atomic mass is 10.2. The normalized spacial score (nSPS) is 11.0. The van der Waals surface area contributed by atoms with Crippen molar-refractivity contribution >= 4 is 28.6 Å². The molecule has 6 nitrogen and oxygen atoms in total. The number of aromatic amines is 1. The van der Waals surface area contributed by atoms with Gasteiger partial charge in [-0.2, -0.15) is 0 Å². The number of benzene rings is 1. The van der Waals surface area contributed by atoms with E-state index in [4.69, 9.17) is 10.2 Å². The number of para-hydroxylation sites is 1. The van der Waals surface area contributed by atoms with Crippen LogP contribution in [0.1, 0.15) is 6.42 Å². The molecule has 0 atom stereocenters. The summed E-state index contributed by atoms with van der Waals surface area (Å²) < 4.78 is 5.59. The number of H-pyrrole nitrogens is 1. The molecule has 0 bridgehead atoms. The Morgan fingerprint density at radius 2 is 2.20 bits per heavy atom. The van der Waals surface area contributed by atoms with E-state index in [1.54, 1.807) is 0 Å². The Kier molecular flexibility index (Phi) is 3.42. The van der Waals surface area contributed by atoms with Crippen molar-refractivity contribution in [3.8, 4) is 11.5 Å². The summed E-state index contributed by atoms with van der Waals surface area (Å²) in [6.45, 7) is 0. The first kappa shape index (κ1) is 12.7. The topological polar surface area (TPSA) is 97.8 Å². The molecule has 0 unspecified atom stereocenters. The molecule has 3 aromatic rings. The number of fused-ring (bicyclic) bond motifs is 1. The van der Waals surface area contributed by atoms with Crippen molar-refractivity contribution in [1.82, 2.24) is 15.2 Å². The van der Waals surface area contributed by atoms with Crippen LogP contribution in [0.3, 0.4) is 0 Å². The molecule has 102 valence electrons. The van der Waals surface area contributed by atoms with E-state index < -0.39 is 0 Å². The fraction of sp³-hybridized carbons (Fsp3) is 0.154. The molecule has 0 saturated heterocycles. The highest BCUT2D eigenvalue weighted by Crippen LogP contribution is 2.29. The molecule has 0 spiro atoms. The Balaban J connectivity index is 1.81. The number of hydrogen-bond donors (Lipinski definition) is 2. The van der Waals surface area contributed by atoms with Crippen LogP contribution in [0.25, 0.3) is 22.4 Å². The van der Waals surface area contributed by atoms with Crippen LogP contribution < -0.4 is 5.73 Å². The second-order valence-corrected chi connectivity index (χ2v) is 5.23. The lowest BCUT2D eigenvalue weighted by Gasteiger charge is -1.93. The molecule has 2 aromatic heterocycles. The van der Waals surface area contributed by atoms with Crippen LogP contribution in [0.4, 0.5) is 0 Å². The summed E-state index contributed by atoms with van der Waals surface area (Å²) in [6, 6.07) is 7.89. The summed E-state index contributed by atoms with van der Waals surface area (Å²) in [7, 11) is 0. The van der Waals surface area contributed by atoms with Crippen LogP contribution in [-0.2, 0) is 4.79 Å². The summed E-state index contributed by atoms with van der Waals surface area (Å²) in [4.78, 5) is 13.8. The second kappa shape index (κ2) is 5.38. The van der Waals surface area contributed by atoms with E-state index in [9.17, 15) is 4.79 Å². The number of nitrogens with two attached hydrogens (primary N) is 1. The van der Waals surface area contributed by atoms with Gasteiger partial charge < -0.3 is 15.1 Å². The van der Waals surface area contributed by atoms with Crippen molar-refractivity contribution in [1.29, 1.82) is 0 Å². The van der Waals surface area contributed by atoms with Crippen LogP contribution in [0, 0.1) is 0 Å². The van der Waals surface area contributed by atoms with Gasteiger partial charge in [-0.3, -0.25) is 4.79 Å². The van der Waals surface area contributed by atoms with Crippen LogP contribution in [-0.4, -0.2) is 26.8 Å². The van der Waals surface area contributed by atoms with Crippen LogP contribution in [0.15, 0.2) is 40.1 Å². The maximum absolute atomic E-state index is 10.7. The van der Waals surface area contributed by atoms with Crippen LogP contribution >= 0.6 is 11.8 Å². The molecule has 0 aliphatic rings. The number of thioether (sulfide) groups is 1. The van der Waals surface area contributed by atoms with Crippen molar-refractivity contribution in [3.63, 3.8) is 0 Å². The quantitative estimate of drug-likeness (QED) is 0.701. The number of primary amides is 1. The van der Waals surface area contributed by atoms with Crippen molar-refractivity contribution in [2.45, 2.75) is 11.6 Å². The summed E-state index contributed by atoms with van der Waals surface area (Å²) in [5.41, 5.74) is 6.97. The van der Waals surface area contributed by atoms with Gasteiger partial charge in [0.15, 0.2) is 0 Å². The molecule has 1 aromatic carbocycles. The van der Waals surface area contributed by atoms with E-state index in [0.29, 0.717) is 16.9 Å². The van der Waals surface area contributed by atoms with E-state index in [2.05, 4.69) is 15.2 Å². The third kappa shape index (κ3) is 2.53. The van der Waals surface area contributed by atoms with Crippen molar-refractivity contribution in [2.75, 3.05) is 5.75 Å². The SMILES string of the molecule is NC(=O)CCSc1nnc(-c2c[nH]c3ccccc23)o1. The predicted molar refractivity (Wildman–Crippen MR) is 76.1 cm³/mol. The monoisotopic (exact) mass is 288 g/mol. The summed E-state index contributed by atoms with van der Waals surface area (Å²) in [6.07, 6.45) is 2.13. The van der Waals surface area contributed by atoms with Gasteiger partial charge in [-0.1, -0.05) is 30.0 Å². The Morgan fingerprint density at radius 3 is 3.05 bits per heavy atom. The molecule has 0 fully saturated rings. The standard InChI is InChI=1S/C13H12N4O2S/c14-11(18)5-6-20-13-17-16-12(19-13)9-7-15-10-4-2-1-3-8(9)10/h1-4,7,15H,5-6H2,(H2,14,18). The molecule has 2 heterocycles. The van der Waals surface area contributed by atoms with Crippen molar-refractivity contribution in [2.24, 2.45) is 5.73 Å². The largest absolute Gasteiger partial charge is 0.411 e. The second-order valence-electron chi connectivity index (χ2n) is 4.19. The molecule has 7 heteroatoms. The fourth-order valence-electron chi connectivity index (χ4n) is 1.86. The highest BCUT2D eigenvalue weighted by molar-refractivity contribution is 7.99. The lowest BCUT2D eigenvalue weighted by Crippen LogP contribution is -2.10. The third-order valence-corrected chi connectivity index (χ3v) is 3.62. The first-order chi connectivity index (χ1) is 9.74. The Morgan fingerprint density at radius 1 is 1.35 bits per heavy atom. The minimum absolute atomic E-state index is 0.287. The molecular formula is C13H12N4O2S. The molecule has 0 saturated carbocycles. The molecule has 3 N–H and O–H groups in total. The number of aromatic nitrogens is 3. The number of hydrogen-bond acceptors (Lipinski definition) is 5. The number of rotatable bonds is 5. The first-order valence-corrected chi connectivity index (χ1v) is 7.03. The fourth-order valence-corrected chi connectivity index (χ4v) is 2.58. The van der Waals surface area contributed by atoms with Crippen LogP contribution in [0.2, 0.25) is 0 Å². The van der Waals surface area contributed by atoms with Crippen molar-refractivity contribution in [3.05, 3.63) is 30.5 Å². The third-order valence-electron chi connectivity index (χ3n) is 2.80. The Hall–Kier alpha value is -2.28. The lowest BCUT2D eigenvalue weighted by molar-refractivity contribution is -0.117. The Bertz CT molecular complexity index is 750. The summed E-state index contributed by atoms with van der Waals surface area (Å²) in [5, 5.41) is 9.46. The number of nitrogens with one attached hydrogen (secondary N) is 1. The summed E-state index contributed by atoms with van der Waals surface area (Å²) in [5.74, 6) is 0.656. The van der Waals surface area contributed by atoms with Gasteiger partial charge in [0, 0.05) is 29.3 Å². The van der Waals surface area contributed by atoms with E-state index in [0.717, 1.165) is 16.5 Å². The van der Waals surface area contributed by atoms with Gasteiger partial charge in [0.1, 0.15) is 0 Å². The maximum Gasteiger partial charge on any atom is 0.276 e. The number of amides is 1. The van der Waals surface area contributed by atoms with Gasteiger partial charge in [-0.15, -0.1) is 10.2 Å². The van der Waals surface area contributed by atoms with Gasteiger partial charge in [0.05, 0.1) is 5.56 Å². The highest BCUT2D eigenvalue weighted by atomic mass is 32.2. The Labute approximate surface area is 118 Å². The van der Waals surface area contributed by atoms with E-state index >= 15 is 0 Å². The zero-order chi connectivity index (χ0) is 13.9. The molecule has 1 amide bonds. The molecule has 0 aliphatic carbocycles. The molecule has 3 rings (SSSR count). The minimum Gasteiger partial charge on any atom is -0.411 e. The number of nitrogens with zero attached hydrogens (tertiary/aromatic N) is 2. The maximum atomic E-state index is 10.7. The number of carbonyl (C=O) groups is 1. The highest BCUT2D eigenvalue weighted by Gasteiger charge is 2.13. The zero-order valence-corrected chi connectivity index (χ0v) is 11.3. The molecule has 0 aliphatic heterocycles. The summed E-state index contributed by atoms with van der Waals surface area (Å²) >= 11 is 1.32. The van der Waals surface area contributed by atoms with E-state index in [1.165, 1.54) is 11.8 Å². The van der Waals surface area contributed by atoms with Gasteiger partial charge >= 0.3 is 0 Å². The van der Waals surface area contributed by atoms with Gasteiger partial charge in [0.2, 0.25) is 5.91 Å². The smallest absolute Gasteiger partial charge is 0.276 e. The minimum atomic E-state index is -0.339. The average Bonchev–Trinajstić information content (AvgIpc) is 3.04. The first-order valence-electron chi connectivity index (χ1n) is 6.05. The zero-order valence-electron chi connectivity index (χ0n) is 10.5. The van der Waals surface area contributed by atoms with Gasteiger partial charge in [-0.25, -0.2) is 0 Å². The van der Waals surface area contributed by atoms with E-state index in [1.807, 2.05) is 30.5 Å². The molecule has 20 heavy (non-hydrogen) atoms. The van der Waals surface area contributed by atoms with Gasteiger partial charge in [-0.05, 0) is 6.07 Å².